The van der Waals surface area contributed by atoms with Gasteiger partial charge in [-0.2, -0.15) is 0 Å². The molecule has 0 bridgehead atoms. The molecule has 3 heteroatoms. The van der Waals surface area contributed by atoms with Gasteiger partial charge < -0.3 is 0 Å². The molecule has 0 radical (unpaired) electrons. The highest BCUT2D eigenvalue weighted by Gasteiger charge is 2.33. The number of ketones is 2. The fraction of sp³-hybridized carbons (Fsp3) is 0.158. The molecule has 1 aliphatic carbocycles. The molecule has 1 aliphatic rings. The lowest BCUT2D eigenvalue weighted by Gasteiger charge is -2.21. The molecule has 2 aromatic rings. The largest absolute Gasteiger partial charge is 0.289 e. The van der Waals surface area contributed by atoms with Crippen molar-refractivity contribution in [2.45, 2.75) is 20.3 Å². The Bertz CT molecular complexity index is 872. The number of halogens is 1. The van der Waals surface area contributed by atoms with Gasteiger partial charge in [-0.05, 0) is 30.2 Å². The van der Waals surface area contributed by atoms with Crippen LogP contribution in [0.1, 0.15) is 41.0 Å². The predicted octanol–water partition coefficient (Wildman–Crippen LogP) is 5.26. The molecule has 0 unspecified atom stereocenters. The number of rotatable bonds is 1. The summed E-state index contributed by atoms with van der Waals surface area (Å²) in [4.78, 5) is 25.8. The van der Waals surface area contributed by atoms with Crippen molar-refractivity contribution in [2.75, 3.05) is 0 Å². The van der Waals surface area contributed by atoms with Crippen molar-refractivity contribution in [3.8, 4) is 0 Å². The zero-order valence-electron chi connectivity index (χ0n) is 12.4. The van der Waals surface area contributed by atoms with Gasteiger partial charge in [0.05, 0.1) is 0 Å². The summed E-state index contributed by atoms with van der Waals surface area (Å²) in [5.41, 5.74) is 2.03. The van der Waals surface area contributed by atoms with Crippen LogP contribution in [-0.2, 0) is 0 Å². The zero-order valence-corrected chi connectivity index (χ0v) is 14.0. The van der Waals surface area contributed by atoms with Crippen LogP contribution in [0, 0.1) is 0 Å². The van der Waals surface area contributed by atoms with Gasteiger partial charge in [0.15, 0.2) is 11.6 Å². The number of Topliss-reactive ketones (excluding diaryl/α,β-unsaturated/α-hetero) is 2. The number of hydrogen-bond acceptors (Lipinski definition) is 2. The van der Waals surface area contributed by atoms with E-state index in [0.717, 1.165) is 21.7 Å². The van der Waals surface area contributed by atoms with E-state index in [2.05, 4.69) is 15.9 Å². The molecule has 0 aliphatic heterocycles. The summed E-state index contributed by atoms with van der Waals surface area (Å²) in [6.07, 6.45) is 4.29. The minimum absolute atomic E-state index is 0.0618. The Morgan fingerprint density at radius 1 is 1.05 bits per heavy atom. The first-order chi connectivity index (χ1) is 10.6. The molecule has 0 heterocycles. The molecule has 0 atom stereocenters. The lowest BCUT2D eigenvalue weighted by Crippen LogP contribution is -2.23. The fourth-order valence-corrected chi connectivity index (χ4v) is 3.55. The second-order valence-electron chi connectivity index (χ2n) is 5.21. The van der Waals surface area contributed by atoms with Crippen LogP contribution in [0.3, 0.4) is 0 Å². The van der Waals surface area contributed by atoms with Gasteiger partial charge in [0.2, 0.25) is 0 Å². The average molecular weight is 355 g/mol. The maximum Gasteiger partial charge on any atom is 0.194 e. The minimum Gasteiger partial charge on any atom is -0.289 e. The maximum absolute atomic E-state index is 13.0. The first-order valence-electron chi connectivity index (χ1n) is 7.27. The van der Waals surface area contributed by atoms with Crippen molar-refractivity contribution < 1.29 is 9.59 Å². The Hall–Kier alpha value is -2.00. The van der Waals surface area contributed by atoms with Gasteiger partial charge in [0.25, 0.3) is 0 Å². The van der Waals surface area contributed by atoms with Crippen LogP contribution in [0.5, 0.6) is 0 Å². The molecule has 2 nitrogen and oxygen atoms in total. The number of carbonyl (C=O) groups is 2. The molecule has 0 aromatic heterocycles. The summed E-state index contributed by atoms with van der Waals surface area (Å²) in [5.74, 6) is -0.142. The maximum atomic E-state index is 13.0. The normalized spacial score (nSPS) is 18.3. The van der Waals surface area contributed by atoms with Crippen LogP contribution in [0.15, 0.2) is 58.1 Å². The van der Waals surface area contributed by atoms with E-state index < -0.39 is 0 Å². The van der Waals surface area contributed by atoms with E-state index in [1.807, 2.05) is 37.3 Å². The molecule has 22 heavy (non-hydrogen) atoms. The van der Waals surface area contributed by atoms with E-state index in [1.165, 1.54) is 0 Å². The van der Waals surface area contributed by atoms with E-state index in [9.17, 15) is 9.59 Å². The summed E-state index contributed by atoms with van der Waals surface area (Å²) in [5, 5.41) is 1.77. The fourth-order valence-electron chi connectivity index (χ4n) is 2.97. The summed E-state index contributed by atoms with van der Waals surface area (Å²) < 4.78 is 0.835. The van der Waals surface area contributed by atoms with Crippen LogP contribution >= 0.6 is 15.9 Å². The molecular weight excluding hydrogens is 340 g/mol. The molecule has 0 N–H and O–H groups in total. The molecule has 0 amide bonds. The summed E-state index contributed by atoms with van der Waals surface area (Å²) in [6.45, 7) is 3.76. The van der Waals surface area contributed by atoms with Crippen molar-refractivity contribution in [3.05, 3.63) is 69.2 Å². The monoisotopic (exact) mass is 354 g/mol. The van der Waals surface area contributed by atoms with E-state index in [-0.39, 0.29) is 11.6 Å². The van der Waals surface area contributed by atoms with E-state index in [4.69, 9.17) is 0 Å². The Morgan fingerprint density at radius 2 is 1.73 bits per heavy atom. The lowest BCUT2D eigenvalue weighted by molar-refractivity contribution is 0.0973. The van der Waals surface area contributed by atoms with Gasteiger partial charge >= 0.3 is 0 Å². The third-order valence-electron chi connectivity index (χ3n) is 3.94. The zero-order chi connectivity index (χ0) is 15.9. The molecular formula is C19H15BrO2. The van der Waals surface area contributed by atoms with Crippen LogP contribution < -0.4 is 0 Å². The molecule has 2 aromatic carbocycles. The van der Waals surface area contributed by atoms with E-state index >= 15 is 0 Å². The molecule has 0 saturated carbocycles. The number of allylic oxidation sites excluding steroid dienone is 4. The number of carbonyl (C=O) groups excluding carboxylic acids is 2. The molecule has 3 rings (SSSR count). The van der Waals surface area contributed by atoms with E-state index in [1.54, 1.807) is 19.1 Å². The highest BCUT2D eigenvalue weighted by molar-refractivity contribution is 9.10. The van der Waals surface area contributed by atoms with Crippen molar-refractivity contribution in [1.82, 2.24) is 0 Å². The van der Waals surface area contributed by atoms with Crippen molar-refractivity contribution in [2.24, 2.45) is 0 Å². The molecule has 0 spiro atoms. The second kappa shape index (κ2) is 5.65. The van der Waals surface area contributed by atoms with Crippen LogP contribution in [0.4, 0.5) is 0 Å². The summed E-state index contributed by atoms with van der Waals surface area (Å²) >= 11 is 3.51. The topological polar surface area (TPSA) is 34.1 Å². The van der Waals surface area contributed by atoms with Crippen LogP contribution in [-0.4, -0.2) is 11.6 Å². The Labute approximate surface area is 137 Å². The number of benzene rings is 2. The lowest BCUT2D eigenvalue weighted by atomic mass is 9.79. The van der Waals surface area contributed by atoms with Gasteiger partial charge in [-0.15, -0.1) is 0 Å². The summed E-state index contributed by atoms with van der Waals surface area (Å²) in [6, 6.07) is 9.43. The molecule has 110 valence electrons. The smallest absolute Gasteiger partial charge is 0.194 e. The van der Waals surface area contributed by atoms with Gasteiger partial charge in [0.1, 0.15) is 0 Å². The average Bonchev–Trinajstić information content (AvgIpc) is 2.53. The minimum atomic E-state index is -0.0803. The van der Waals surface area contributed by atoms with Crippen LogP contribution in [0.2, 0.25) is 0 Å². The van der Waals surface area contributed by atoms with Crippen LogP contribution in [0.25, 0.3) is 10.8 Å². The van der Waals surface area contributed by atoms with Crippen molar-refractivity contribution >= 4 is 38.3 Å². The molecule has 0 fully saturated rings. The van der Waals surface area contributed by atoms with Gasteiger partial charge in [-0.1, -0.05) is 59.3 Å². The van der Waals surface area contributed by atoms with Gasteiger partial charge in [0, 0.05) is 26.7 Å². The Balaban J connectivity index is 2.44. The number of fused-ring (bicyclic) bond motifs is 3. The third-order valence-corrected chi connectivity index (χ3v) is 4.60. The van der Waals surface area contributed by atoms with E-state index in [0.29, 0.717) is 22.3 Å². The Morgan fingerprint density at radius 3 is 2.36 bits per heavy atom. The summed E-state index contributed by atoms with van der Waals surface area (Å²) in [7, 11) is 0. The van der Waals surface area contributed by atoms with Crippen molar-refractivity contribution in [3.63, 3.8) is 0 Å². The second-order valence-corrected chi connectivity index (χ2v) is 6.07. The van der Waals surface area contributed by atoms with Gasteiger partial charge in [-0.25, -0.2) is 0 Å². The highest BCUT2D eigenvalue weighted by Crippen LogP contribution is 2.37. The third kappa shape index (κ3) is 2.08. The SMILES string of the molecule is C/C=C1/C(=O)c2cc(Br)c3ccccc3c2C(=O)/C1=C/CC. The first kappa shape index (κ1) is 14.9. The van der Waals surface area contributed by atoms with Gasteiger partial charge in [-0.3, -0.25) is 9.59 Å². The Kier molecular flexibility index (Phi) is 3.83. The van der Waals surface area contributed by atoms with Crippen molar-refractivity contribution in [1.29, 1.82) is 0 Å². The molecule has 0 saturated heterocycles. The standard InChI is InChI=1S/C19H15BrO2/c1-3-7-14-11(4-2)18(21)15-10-16(20)12-8-5-6-9-13(12)17(15)19(14)22/h4-10H,3H2,1-2H3/b11-4+,14-7+. The quantitative estimate of drug-likeness (QED) is 0.654. The first-order valence-corrected chi connectivity index (χ1v) is 8.06. The number of hydrogen-bond donors (Lipinski definition) is 0. The highest BCUT2D eigenvalue weighted by atomic mass is 79.9. The predicted molar refractivity (Wildman–Crippen MR) is 92.4 cm³/mol.